The second-order valence-electron chi connectivity index (χ2n) is 10.1. The van der Waals surface area contributed by atoms with Gasteiger partial charge in [-0.15, -0.1) is 0 Å². The Hall–Kier alpha value is -2.21. The van der Waals surface area contributed by atoms with Gasteiger partial charge in [0.15, 0.2) is 0 Å². The van der Waals surface area contributed by atoms with Crippen molar-refractivity contribution >= 4 is 11.8 Å². The third kappa shape index (κ3) is 4.47. The van der Waals surface area contributed by atoms with Crippen molar-refractivity contribution in [2.75, 3.05) is 39.3 Å². The van der Waals surface area contributed by atoms with Gasteiger partial charge in [0.05, 0.1) is 0 Å². The van der Waals surface area contributed by atoms with Gasteiger partial charge in [0.25, 0.3) is 0 Å². The molecule has 32 heavy (non-hydrogen) atoms. The average Bonchev–Trinajstić information content (AvgIpc) is 3.52. The quantitative estimate of drug-likeness (QED) is 0.720. The van der Waals surface area contributed by atoms with Crippen LogP contribution in [0, 0.1) is 17.2 Å². The molecule has 1 aromatic rings. The number of likely N-dealkylation sites (tertiary alicyclic amines) is 1. The molecule has 0 bridgehead atoms. The molecule has 5 nitrogen and oxygen atoms in total. The van der Waals surface area contributed by atoms with Crippen LogP contribution in [0.5, 0.6) is 0 Å². The molecule has 1 spiro atoms. The third-order valence-corrected chi connectivity index (χ3v) is 8.08. The minimum absolute atomic E-state index is 0.132. The van der Waals surface area contributed by atoms with E-state index in [1.54, 1.807) is 12.1 Å². The molecule has 2 aliphatic heterocycles. The number of carbonyl (C=O) groups is 2. The molecule has 3 fully saturated rings. The number of carbonyl (C=O) groups excluding carboxylic acids is 2. The number of piperazine rings is 1. The highest BCUT2D eigenvalue weighted by molar-refractivity contribution is 5.93. The van der Waals surface area contributed by atoms with Gasteiger partial charge in [-0.2, -0.15) is 0 Å². The molecule has 1 saturated carbocycles. The zero-order valence-corrected chi connectivity index (χ0v) is 18.9. The second kappa shape index (κ2) is 8.97. The van der Waals surface area contributed by atoms with E-state index in [-0.39, 0.29) is 23.1 Å². The van der Waals surface area contributed by atoms with Gasteiger partial charge >= 0.3 is 0 Å². The molecule has 1 atom stereocenters. The zero-order valence-electron chi connectivity index (χ0n) is 18.9. The van der Waals surface area contributed by atoms with Gasteiger partial charge in [0, 0.05) is 57.3 Å². The first-order valence-corrected chi connectivity index (χ1v) is 12.3. The fourth-order valence-electron chi connectivity index (χ4n) is 5.88. The number of halogens is 1. The van der Waals surface area contributed by atoms with E-state index in [9.17, 15) is 14.0 Å². The summed E-state index contributed by atoms with van der Waals surface area (Å²) in [5, 5.41) is 0. The lowest BCUT2D eigenvalue weighted by Crippen LogP contribution is -2.49. The molecule has 4 aliphatic rings. The topological polar surface area (TPSA) is 43.9 Å². The summed E-state index contributed by atoms with van der Waals surface area (Å²) in [5.74, 6) is 0.490. The molecule has 172 valence electrons. The van der Waals surface area contributed by atoms with Gasteiger partial charge in [-0.3, -0.25) is 14.5 Å². The van der Waals surface area contributed by atoms with Crippen LogP contribution >= 0.6 is 0 Å². The Morgan fingerprint density at radius 1 is 1.00 bits per heavy atom. The number of benzene rings is 1. The molecular weight excluding hydrogens is 405 g/mol. The number of rotatable bonds is 4. The molecule has 2 amide bonds. The summed E-state index contributed by atoms with van der Waals surface area (Å²) in [6.07, 6.45) is 9.32. The lowest BCUT2D eigenvalue weighted by Gasteiger charge is -2.37. The molecule has 6 heteroatoms. The van der Waals surface area contributed by atoms with E-state index in [2.05, 4.69) is 11.0 Å². The monoisotopic (exact) mass is 439 g/mol. The van der Waals surface area contributed by atoms with Gasteiger partial charge < -0.3 is 9.80 Å². The number of allylic oxidation sites excluding steroid dienone is 1. The molecule has 5 rings (SSSR count). The summed E-state index contributed by atoms with van der Waals surface area (Å²) >= 11 is 0. The predicted molar refractivity (Wildman–Crippen MR) is 121 cm³/mol. The maximum atomic E-state index is 13.4. The Balaban J connectivity index is 1.09. The number of hydrogen-bond donors (Lipinski definition) is 0. The minimum Gasteiger partial charge on any atom is -0.340 e. The molecule has 2 saturated heterocycles. The lowest BCUT2D eigenvalue weighted by molar-refractivity contribution is -0.135. The number of nitrogens with zero attached hydrogens (tertiary/aromatic N) is 3. The Morgan fingerprint density at radius 3 is 2.47 bits per heavy atom. The summed E-state index contributed by atoms with van der Waals surface area (Å²) in [6.45, 7) is 5.48. The molecule has 0 N–H and O–H groups in total. The maximum absolute atomic E-state index is 13.4. The first-order chi connectivity index (χ1) is 15.5. The van der Waals surface area contributed by atoms with Crippen LogP contribution in [0.2, 0.25) is 0 Å². The summed E-state index contributed by atoms with van der Waals surface area (Å²) in [7, 11) is 0. The first-order valence-electron chi connectivity index (χ1n) is 12.3. The van der Waals surface area contributed by atoms with Crippen LogP contribution in [0.4, 0.5) is 4.39 Å². The van der Waals surface area contributed by atoms with E-state index in [1.807, 2.05) is 15.9 Å². The first kappa shape index (κ1) is 21.6. The molecule has 0 radical (unpaired) electrons. The predicted octanol–water partition coefficient (Wildman–Crippen LogP) is 3.60. The fourth-order valence-corrected chi connectivity index (χ4v) is 5.88. The van der Waals surface area contributed by atoms with E-state index < -0.39 is 0 Å². The SMILES string of the molecule is O=C(C1=CCCCC1)N1CCC2(CC1)CC2C(=O)N1CCN(Cc2cccc(F)c2)CC1. The van der Waals surface area contributed by atoms with Gasteiger partial charge in [-0.05, 0) is 68.1 Å². The highest BCUT2D eigenvalue weighted by Gasteiger charge is 2.59. The van der Waals surface area contributed by atoms with E-state index in [0.717, 1.165) is 95.5 Å². The Bertz CT molecular complexity index is 898. The normalized spacial score (nSPS) is 25.5. The van der Waals surface area contributed by atoms with Crippen molar-refractivity contribution < 1.29 is 14.0 Å². The molecule has 2 aliphatic carbocycles. The van der Waals surface area contributed by atoms with Gasteiger partial charge in [-0.25, -0.2) is 4.39 Å². The van der Waals surface area contributed by atoms with Crippen molar-refractivity contribution in [3.05, 3.63) is 47.3 Å². The van der Waals surface area contributed by atoms with Gasteiger partial charge in [-0.1, -0.05) is 18.2 Å². The average molecular weight is 440 g/mol. The van der Waals surface area contributed by atoms with Crippen LogP contribution in [-0.2, 0) is 16.1 Å². The van der Waals surface area contributed by atoms with Crippen molar-refractivity contribution in [3.8, 4) is 0 Å². The summed E-state index contributed by atoms with van der Waals surface area (Å²) in [4.78, 5) is 32.3. The third-order valence-electron chi connectivity index (χ3n) is 8.08. The standard InChI is InChI=1S/C26H34FN3O2/c27-22-8-4-5-20(17-22)19-28-13-15-30(16-14-28)25(32)23-18-26(23)9-11-29(12-10-26)24(31)21-6-2-1-3-7-21/h4-6,8,17,23H,1-3,7,9-16,18-19H2. The fraction of sp³-hybridized carbons (Fsp3) is 0.615. The molecule has 0 aromatic heterocycles. The minimum atomic E-state index is -0.196. The van der Waals surface area contributed by atoms with Crippen LogP contribution in [-0.4, -0.2) is 65.8 Å². The number of hydrogen-bond acceptors (Lipinski definition) is 3. The Morgan fingerprint density at radius 2 is 1.78 bits per heavy atom. The van der Waals surface area contributed by atoms with Gasteiger partial charge in [0.2, 0.25) is 11.8 Å². The van der Waals surface area contributed by atoms with Crippen molar-refractivity contribution in [2.45, 2.75) is 51.5 Å². The lowest BCUT2D eigenvalue weighted by atomic mass is 9.89. The number of amides is 2. The van der Waals surface area contributed by atoms with E-state index in [4.69, 9.17) is 0 Å². The molecular formula is C26H34FN3O2. The largest absolute Gasteiger partial charge is 0.340 e. The Kier molecular flexibility index (Phi) is 6.06. The van der Waals surface area contributed by atoms with E-state index in [1.165, 1.54) is 12.5 Å². The summed E-state index contributed by atoms with van der Waals surface area (Å²) in [5.41, 5.74) is 2.12. The maximum Gasteiger partial charge on any atom is 0.249 e. The molecule has 2 heterocycles. The van der Waals surface area contributed by atoms with Crippen LogP contribution in [0.15, 0.2) is 35.9 Å². The van der Waals surface area contributed by atoms with Crippen LogP contribution < -0.4 is 0 Å². The van der Waals surface area contributed by atoms with Crippen molar-refractivity contribution in [1.82, 2.24) is 14.7 Å². The van der Waals surface area contributed by atoms with Crippen LogP contribution in [0.1, 0.15) is 50.5 Å². The van der Waals surface area contributed by atoms with Crippen LogP contribution in [0.25, 0.3) is 0 Å². The number of piperidine rings is 1. The van der Waals surface area contributed by atoms with Crippen molar-refractivity contribution in [3.63, 3.8) is 0 Å². The highest BCUT2D eigenvalue weighted by atomic mass is 19.1. The van der Waals surface area contributed by atoms with E-state index in [0.29, 0.717) is 5.91 Å². The second-order valence-corrected chi connectivity index (χ2v) is 10.1. The molecule has 1 unspecified atom stereocenters. The van der Waals surface area contributed by atoms with Crippen molar-refractivity contribution in [1.29, 1.82) is 0 Å². The summed E-state index contributed by atoms with van der Waals surface area (Å²) < 4.78 is 13.4. The highest BCUT2D eigenvalue weighted by Crippen LogP contribution is 2.60. The Labute approximate surface area is 190 Å². The summed E-state index contributed by atoms with van der Waals surface area (Å²) in [6, 6.07) is 6.77. The van der Waals surface area contributed by atoms with E-state index >= 15 is 0 Å². The smallest absolute Gasteiger partial charge is 0.249 e. The van der Waals surface area contributed by atoms with Crippen molar-refractivity contribution in [2.24, 2.45) is 11.3 Å². The van der Waals surface area contributed by atoms with Crippen LogP contribution in [0.3, 0.4) is 0 Å². The zero-order chi connectivity index (χ0) is 22.1. The molecule has 1 aromatic carbocycles. The van der Waals surface area contributed by atoms with Gasteiger partial charge in [0.1, 0.15) is 5.82 Å².